The zero-order valence-corrected chi connectivity index (χ0v) is 12.6. The number of rotatable bonds is 7. The standard InChI is InChI=1S/C13H22BrNO2/c1-5-7-15-11(9-13(2,3)16-4)12-10(14)6-8-17-12/h6,8,11,15H,5,7,9H2,1-4H3. The van der Waals surface area contributed by atoms with Crippen molar-refractivity contribution < 1.29 is 9.15 Å². The van der Waals surface area contributed by atoms with E-state index in [9.17, 15) is 0 Å². The highest BCUT2D eigenvalue weighted by atomic mass is 79.9. The van der Waals surface area contributed by atoms with Crippen LogP contribution in [0, 0.1) is 0 Å². The minimum absolute atomic E-state index is 0.169. The first-order valence-electron chi connectivity index (χ1n) is 6.01. The summed E-state index contributed by atoms with van der Waals surface area (Å²) in [7, 11) is 1.74. The van der Waals surface area contributed by atoms with Gasteiger partial charge in [-0.15, -0.1) is 0 Å². The Labute approximate surface area is 112 Å². The molecule has 0 saturated carbocycles. The Kier molecular flexibility index (Phi) is 5.70. The molecule has 98 valence electrons. The summed E-state index contributed by atoms with van der Waals surface area (Å²) in [5.41, 5.74) is -0.169. The van der Waals surface area contributed by atoms with Gasteiger partial charge in [-0.1, -0.05) is 6.92 Å². The molecule has 1 N–H and O–H groups in total. The van der Waals surface area contributed by atoms with Crippen molar-refractivity contribution in [3.8, 4) is 0 Å². The monoisotopic (exact) mass is 303 g/mol. The lowest BCUT2D eigenvalue weighted by Crippen LogP contribution is -2.32. The maximum Gasteiger partial charge on any atom is 0.134 e. The molecule has 0 bridgehead atoms. The normalized spacial score (nSPS) is 13.9. The van der Waals surface area contributed by atoms with E-state index in [0.29, 0.717) is 0 Å². The SMILES string of the molecule is CCCNC(CC(C)(C)OC)c1occc1Br. The molecule has 1 atom stereocenters. The zero-order valence-electron chi connectivity index (χ0n) is 11.0. The fourth-order valence-corrected chi connectivity index (χ4v) is 2.18. The quantitative estimate of drug-likeness (QED) is 0.829. The van der Waals surface area contributed by atoms with Crippen molar-refractivity contribution in [3.05, 3.63) is 22.6 Å². The zero-order chi connectivity index (χ0) is 12.9. The van der Waals surface area contributed by atoms with Crippen LogP contribution in [0.5, 0.6) is 0 Å². The molecule has 1 aromatic rings. The molecule has 1 heterocycles. The largest absolute Gasteiger partial charge is 0.466 e. The smallest absolute Gasteiger partial charge is 0.134 e. The predicted molar refractivity (Wildman–Crippen MR) is 73.1 cm³/mol. The Bertz CT molecular complexity index is 336. The second-order valence-corrected chi connectivity index (χ2v) is 5.66. The molecule has 1 aromatic heterocycles. The molecule has 0 amide bonds. The van der Waals surface area contributed by atoms with Crippen LogP contribution in [-0.2, 0) is 4.74 Å². The Balaban J connectivity index is 2.77. The number of halogens is 1. The summed E-state index contributed by atoms with van der Waals surface area (Å²) in [6.07, 6.45) is 3.68. The van der Waals surface area contributed by atoms with E-state index in [1.807, 2.05) is 6.07 Å². The summed E-state index contributed by atoms with van der Waals surface area (Å²) in [6, 6.07) is 2.10. The van der Waals surface area contributed by atoms with Gasteiger partial charge in [-0.3, -0.25) is 0 Å². The van der Waals surface area contributed by atoms with Crippen LogP contribution in [0.15, 0.2) is 21.2 Å². The van der Waals surface area contributed by atoms with Crippen LogP contribution in [0.4, 0.5) is 0 Å². The van der Waals surface area contributed by atoms with Crippen molar-refractivity contribution in [1.82, 2.24) is 5.32 Å². The van der Waals surface area contributed by atoms with Crippen molar-refractivity contribution in [2.75, 3.05) is 13.7 Å². The highest BCUT2D eigenvalue weighted by Crippen LogP contribution is 2.31. The molecular weight excluding hydrogens is 282 g/mol. The minimum Gasteiger partial charge on any atom is -0.466 e. The van der Waals surface area contributed by atoms with E-state index in [2.05, 4.69) is 42.0 Å². The van der Waals surface area contributed by atoms with Crippen LogP contribution in [0.25, 0.3) is 0 Å². The van der Waals surface area contributed by atoms with Crippen molar-refractivity contribution in [2.24, 2.45) is 0 Å². The molecule has 1 unspecified atom stereocenters. The number of furan rings is 1. The van der Waals surface area contributed by atoms with Gasteiger partial charge >= 0.3 is 0 Å². The Morgan fingerprint density at radius 1 is 1.53 bits per heavy atom. The molecule has 0 radical (unpaired) electrons. The predicted octanol–water partition coefficient (Wildman–Crippen LogP) is 3.90. The summed E-state index contributed by atoms with van der Waals surface area (Å²) in [6.45, 7) is 7.30. The summed E-state index contributed by atoms with van der Waals surface area (Å²) >= 11 is 3.51. The van der Waals surface area contributed by atoms with E-state index in [1.54, 1.807) is 13.4 Å². The number of methoxy groups -OCH3 is 1. The average molecular weight is 304 g/mol. The summed E-state index contributed by atoms with van der Waals surface area (Å²) in [4.78, 5) is 0. The number of hydrogen-bond donors (Lipinski definition) is 1. The molecule has 17 heavy (non-hydrogen) atoms. The van der Waals surface area contributed by atoms with Crippen LogP contribution < -0.4 is 5.32 Å². The molecule has 4 heteroatoms. The van der Waals surface area contributed by atoms with Crippen LogP contribution in [0.1, 0.15) is 45.4 Å². The van der Waals surface area contributed by atoms with Crippen molar-refractivity contribution in [2.45, 2.75) is 45.3 Å². The van der Waals surface area contributed by atoms with Crippen molar-refractivity contribution >= 4 is 15.9 Å². The van der Waals surface area contributed by atoms with E-state index in [4.69, 9.17) is 9.15 Å². The molecule has 0 spiro atoms. The molecule has 0 aliphatic carbocycles. The molecule has 3 nitrogen and oxygen atoms in total. The van der Waals surface area contributed by atoms with Crippen LogP contribution in [-0.4, -0.2) is 19.3 Å². The molecule has 0 aliphatic rings. The Hall–Kier alpha value is -0.320. The third kappa shape index (κ3) is 4.45. The van der Waals surface area contributed by atoms with Crippen LogP contribution >= 0.6 is 15.9 Å². The topological polar surface area (TPSA) is 34.4 Å². The fraction of sp³-hybridized carbons (Fsp3) is 0.692. The van der Waals surface area contributed by atoms with Gasteiger partial charge in [-0.05, 0) is 55.2 Å². The number of ether oxygens (including phenoxy) is 1. The summed E-state index contributed by atoms with van der Waals surface area (Å²) < 4.78 is 12.1. The first-order chi connectivity index (χ1) is 8.00. The summed E-state index contributed by atoms with van der Waals surface area (Å²) in [5.74, 6) is 0.948. The maximum absolute atomic E-state index is 5.55. The average Bonchev–Trinajstić information content (AvgIpc) is 2.70. The van der Waals surface area contributed by atoms with Gasteiger partial charge in [-0.25, -0.2) is 0 Å². The lowest BCUT2D eigenvalue weighted by Gasteiger charge is -2.28. The van der Waals surface area contributed by atoms with Gasteiger partial charge in [0.15, 0.2) is 0 Å². The minimum atomic E-state index is -0.169. The Morgan fingerprint density at radius 2 is 2.24 bits per heavy atom. The second kappa shape index (κ2) is 6.57. The molecule has 0 aliphatic heterocycles. The maximum atomic E-state index is 5.55. The Morgan fingerprint density at radius 3 is 2.71 bits per heavy atom. The molecular formula is C13H22BrNO2. The fourth-order valence-electron chi connectivity index (χ4n) is 1.71. The van der Waals surface area contributed by atoms with Crippen LogP contribution in [0.3, 0.4) is 0 Å². The van der Waals surface area contributed by atoms with Crippen LogP contribution in [0.2, 0.25) is 0 Å². The summed E-state index contributed by atoms with van der Waals surface area (Å²) in [5, 5.41) is 3.50. The lowest BCUT2D eigenvalue weighted by atomic mass is 9.97. The highest BCUT2D eigenvalue weighted by Gasteiger charge is 2.26. The van der Waals surface area contributed by atoms with Crippen molar-refractivity contribution in [3.63, 3.8) is 0 Å². The third-order valence-corrected chi connectivity index (χ3v) is 3.51. The third-order valence-electron chi connectivity index (χ3n) is 2.85. The van der Waals surface area contributed by atoms with E-state index in [-0.39, 0.29) is 11.6 Å². The van der Waals surface area contributed by atoms with Gasteiger partial charge in [0.05, 0.1) is 22.4 Å². The van der Waals surface area contributed by atoms with Gasteiger partial charge < -0.3 is 14.5 Å². The molecule has 1 rings (SSSR count). The second-order valence-electron chi connectivity index (χ2n) is 4.81. The molecule has 0 fully saturated rings. The highest BCUT2D eigenvalue weighted by molar-refractivity contribution is 9.10. The van der Waals surface area contributed by atoms with Gasteiger partial charge in [0.25, 0.3) is 0 Å². The van der Waals surface area contributed by atoms with Gasteiger partial charge in [0.1, 0.15) is 5.76 Å². The molecule has 0 aromatic carbocycles. The van der Waals surface area contributed by atoms with E-state index in [0.717, 1.165) is 29.6 Å². The van der Waals surface area contributed by atoms with Crippen molar-refractivity contribution in [1.29, 1.82) is 0 Å². The lowest BCUT2D eigenvalue weighted by molar-refractivity contribution is 0.00496. The van der Waals surface area contributed by atoms with Gasteiger partial charge in [0, 0.05) is 7.11 Å². The van der Waals surface area contributed by atoms with E-state index in [1.165, 1.54) is 0 Å². The van der Waals surface area contributed by atoms with Gasteiger partial charge in [-0.2, -0.15) is 0 Å². The number of hydrogen-bond acceptors (Lipinski definition) is 3. The first kappa shape index (κ1) is 14.7. The first-order valence-corrected chi connectivity index (χ1v) is 6.81. The number of nitrogens with one attached hydrogen (secondary N) is 1. The van der Waals surface area contributed by atoms with E-state index >= 15 is 0 Å². The molecule has 0 saturated heterocycles. The van der Waals surface area contributed by atoms with Gasteiger partial charge in [0.2, 0.25) is 0 Å². The van der Waals surface area contributed by atoms with E-state index < -0.39 is 0 Å².